The highest BCUT2D eigenvalue weighted by Gasteiger charge is 2.29. The van der Waals surface area contributed by atoms with Gasteiger partial charge in [0.05, 0.1) is 7.11 Å². The van der Waals surface area contributed by atoms with Crippen molar-refractivity contribution in [1.29, 1.82) is 0 Å². The van der Waals surface area contributed by atoms with Crippen molar-refractivity contribution >= 4 is 0 Å². The summed E-state index contributed by atoms with van der Waals surface area (Å²) in [6.45, 7) is 6.51. The van der Waals surface area contributed by atoms with E-state index in [1.807, 2.05) is 0 Å². The Morgan fingerprint density at radius 2 is 2.22 bits per heavy atom. The summed E-state index contributed by atoms with van der Waals surface area (Å²) in [5.74, 6) is 0.950. The number of nitrogens with two attached hydrogens (primary N) is 1. The quantitative estimate of drug-likeness (QED) is 0.893. The first-order valence-electron chi connectivity index (χ1n) is 6.81. The number of methoxy groups -OCH3 is 1. The molecule has 0 bridgehead atoms. The van der Waals surface area contributed by atoms with Gasteiger partial charge in [0.25, 0.3) is 0 Å². The standard InChI is InChI=1S/C15H24N2O/c1-4-17-9-5-6-13(16)15(17)12-7-8-14(18-3)11(2)10-12/h7-8,10,13,15H,4-6,9,16H2,1-3H3. The molecule has 1 heterocycles. The highest BCUT2D eigenvalue weighted by molar-refractivity contribution is 5.38. The van der Waals surface area contributed by atoms with Crippen molar-refractivity contribution in [2.24, 2.45) is 5.73 Å². The van der Waals surface area contributed by atoms with Crippen LogP contribution in [0.2, 0.25) is 0 Å². The van der Waals surface area contributed by atoms with E-state index in [4.69, 9.17) is 10.5 Å². The molecule has 0 amide bonds. The molecule has 2 N–H and O–H groups in total. The molecule has 2 atom stereocenters. The van der Waals surface area contributed by atoms with E-state index in [2.05, 4.69) is 36.9 Å². The van der Waals surface area contributed by atoms with E-state index in [9.17, 15) is 0 Å². The number of hydrogen-bond donors (Lipinski definition) is 1. The predicted molar refractivity (Wildman–Crippen MR) is 74.9 cm³/mol. The van der Waals surface area contributed by atoms with Crippen LogP contribution in [-0.4, -0.2) is 31.1 Å². The van der Waals surface area contributed by atoms with Crippen molar-refractivity contribution < 1.29 is 4.74 Å². The number of hydrogen-bond acceptors (Lipinski definition) is 3. The summed E-state index contributed by atoms with van der Waals surface area (Å²) in [5, 5.41) is 0. The molecule has 18 heavy (non-hydrogen) atoms. The fourth-order valence-corrected chi connectivity index (χ4v) is 3.00. The Hall–Kier alpha value is -1.06. The van der Waals surface area contributed by atoms with Crippen LogP contribution in [0.5, 0.6) is 5.75 Å². The van der Waals surface area contributed by atoms with Gasteiger partial charge in [0, 0.05) is 12.1 Å². The largest absolute Gasteiger partial charge is 0.496 e. The molecule has 3 heteroatoms. The maximum Gasteiger partial charge on any atom is 0.121 e. The monoisotopic (exact) mass is 248 g/mol. The second kappa shape index (κ2) is 5.72. The minimum absolute atomic E-state index is 0.242. The van der Waals surface area contributed by atoms with E-state index in [1.165, 1.54) is 17.5 Å². The molecular formula is C15H24N2O. The molecule has 3 nitrogen and oxygen atoms in total. The van der Waals surface area contributed by atoms with E-state index in [0.29, 0.717) is 6.04 Å². The molecule has 1 aromatic rings. The van der Waals surface area contributed by atoms with E-state index in [1.54, 1.807) is 7.11 Å². The summed E-state index contributed by atoms with van der Waals surface area (Å²) in [6.07, 6.45) is 2.33. The number of nitrogens with zero attached hydrogens (tertiary/aromatic N) is 1. The average molecular weight is 248 g/mol. The zero-order valence-corrected chi connectivity index (χ0v) is 11.6. The highest BCUT2D eigenvalue weighted by atomic mass is 16.5. The van der Waals surface area contributed by atoms with Crippen molar-refractivity contribution in [3.8, 4) is 5.75 Å². The van der Waals surface area contributed by atoms with E-state index in [-0.39, 0.29) is 6.04 Å². The van der Waals surface area contributed by atoms with Crippen LogP contribution in [0.25, 0.3) is 0 Å². The maximum atomic E-state index is 6.32. The minimum atomic E-state index is 0.242. The first kappa shape index (κ1) is 13.4. The molecule has 1 aliphatic rings. The fourth-order valence-electron chi connectivity index (χ4n) is 3.00. The van der Waals surface area contributed by atoms with Gasteiger partial charge in [-0.25, -0.2) is 0 Å². The number of rotatable bonds is 3. The van der Waals surface area contributed by atoms with Gasteiger partial charge in [-0.2, -0.15) is 0 Å². The van der Waals surface area contributed by atoms with Gasteiger partial charge in [-0.05, 0) is 50.0 Å². The van der Waals surface area contributed by atoms with Gasteiger partial charge in [-0.3, -0.25) is 4.90 Å². The lowest BCUT2D eigenvalue weighted by molar-refractivity contribution is 0.136. The van der Waals surface area contributed by atoms with E-state index < -0.39 is 0 Å². The van der Waals surface area contributed by atoms with Crippen LogP contribution in [0.1, 0.15) is 36.9 Å². The molecule has 2 unspecified atom stereocenters. The van der Waals surface area contributed by atoms with Crippen molar-refractivity contribution in [1.82, 2.24) is 4.90 Å². The van der Waals surface area contributed by atoms with Gasteiger partial charge >= 0.3 is 0 Å². The zero-order valence-electron chi connectivity index (χ0n) is 11.6. The minimum Gasteiger partial charge on any atom is -0.496 e. The molecule has 0 spiro atoms. The normalized spacial score (nSPS) is 25.1. The summed E-state index contributed by atoms with van der Waals surface area (Å²) in [5.41, 5.74) is 8.83. The van der Waals surface area contributed by atoms with Crippen LogP contribution in [0.4, 0.5) is 0 Å². The zero-order chi connectivity index (χ0) is 13.1. The Bertz CT molecular complexity index is 405. The van der Waals surface area contributed by atoms with Crippen LogP contribution in [0.15, 0.2) is 18.2 Å². The van der Waals surface area contributed by atoms with E-state index in [0.717, 1.165) is 25.3 Å². The molecule has 0 saturated carbocycles. The Balaban J connectivity index is 2.30. The summed E-state index contributed by atoms with van der Waals surface area (Å²) in [6, 6.07) is 7.03. The van der Waals surface area contributed by atoms with Gasteiger partial charge in [-0.1, -0.05) is 19.1 Å². The lowest BCUT2D eigenvalue weighted by atomic mass is 9.90. The molecule has 1 saturated heterocycles. The van der Waals surface area contributed by atoms with Gasteiger partial charge < -0.3 is 10.5 Å². The lowest BCUT2D eigenvalue weighted by Gasteiger charge is -2.39. The van der Waals surface area contributed by atoms with Crippen LogP contribution in [-0.2, 0) is 0 Å². The summed E-state index contributed by atoms with van der Waals surface area (Å²) in [4.78, 5) is 2.48. The maximum absolute atomic E-state index is 6.32. The molecule has 2 rings (SSSR count). The molecule has 1 aromatic carbocycles. The summed E-state index contributed by atoms with van der Waals surface area (Å²) >= 11 is 0. The molecule has 0 aliphatic carbocycles. The highest BCUT2D eigenvalue weighted by Crippen LogP contribution is 2.32. The number of likely N-dealkylation sites (N-methyl/N-ethyl adjacent to an activating group) is 1. The summed E-state index contributed by atoms with van der Waals surface area (Å²) < 4.78 is 5.32. The van der Waals surface area contributed by atoms with Crippen molar-refractivity contribution in [2.45, 2.75) is 38.8 Å². The van der Waals surface area contributed by atoms with Crippen LogP contribution in [0, 0.1) is 6.92 Å². The second-order valence-corrected chi connectivity index (χ2v) is 5.11. The Morgan fingerprint density at radius 1 is 1.44 bits per heavy atom. The Labute approximate surface area is 110 Å². The molecule has 1 fully saturated rings. The third-order valence-electron chi connectivity index (χ3n) is 3.95. The third-order valence-corrected chi connectivity index (χ3v) is 3.95. The SMILES string of the molecule is CCN1CCCC(N)C1c1ccc(OC)c(C)c1. The third kappa shape index (κ3) is 2.52. The number of benzene rings is 1. The Kier molecular flexibility index (Phi) is 4.25. The molecule has 0 radical (unpaired) electrons. The van der Waals surface area contributed by atoms with Crippen LogP contribution >= 0.6 is 0 Å². The molecular weight excluding hydrogens is 224 g/mol. The van der Waals surface area contributed by atoms with E-state index >= 15 is 0 Å². The predicted octanol–water partition coefficient (Wildman–Crippen LogP) is 2.49. The smallest absolute Gasteiger partial charge is 0.121 e. The topological polar surface area (TPSA) is 38.5 Å². The first-order valence-corrected chi connectivity index (χ1v) is 6.81. The molecule has 1 aliphatic heterocycles. The van der Waals surface area contributed by atoms with Crippen molar-refractivity contribution in [3.05, 3.63) is 29.3 Å². The number of ether oxygens (including phenoxy) is 1. The average Bonchev–Trinajstić information content (AvgIpc) is 2.38. The molecule has 0 aromatic heterocycles. The lowest BCUT2D eigenvalue weighted by Crippen LogP contribution is -2.45. The number of likely N-dealkylation sites (tertiary alicyclic amines) is 1. The first-order chi connectivity index (χ1) is 8.67. The van der Waals surface area contributed by atoms with Gasteiger partial charge in [-0.15, -0.1) is 0 Å². The fraction of sp³-hybridized carbons (Fsp3) is 0.600. The van der Waals surface area contributed by atoms with Crippen LogP contribution in [0.3, 0.4) is 0 Å². The summed E-state index contributed by atoms with van der Waals surface area (Å²) in [7, 11) is 1.71. The Morgan fingerprint density at radius 3 is 2.83 bits per heavy atom. The van der Waals surface area contributed by atoms with Crippen molar-refractivity contribution in [3.63, 3.8) is 0 Å². The van der Waals surface area contributed by atoms with Crippen LogP contribution < -0.4 is 10.5 Å². The second-order valence-electron chi connectivity index (χ2n) is 5.11. The number of aryl methyl sites for hydroxylation is 1. The van der Waals surface area contributed by atoms with Gasteiger partial charge in [0.2, 0.25) is 0 Å². The van der Waals surface area contributed by atoms with Gasteiger partial charge in [0.15, 0.2) is 0 Å². The van der Waals surface area contributed by atoms with Gasteiger partial charge in [0.1, 0.15) is 5.75 Å². The molecule has 100 valence electrons. The number of piperidine rings is 1. The van der Waals surface area contributed by atoms with Crippen molar-refractivity contribution in [2.75, 3.05) is 20.2 Å².